The van der Waals surface area contributed by atoms with Crippen LogP contribution < -0.4 is 0 Å². The lowest BCUT2D eigenvalue weighted by Crippen LogP contribution is -2.56. The number of carbonyl (C=O) groups excluding carboxylic acids is 2. The number of amides is 2. The predicted molar refractivity (Wildman–Crippen MR) is 94.9 cm³/mol. The molecule has 7 nitrogen and oxygen atoms in total. The van der Waals surface area contributed by atoms with Gasteiger partial charge in [0.15, 0.2) is 0 Å². The summed E-state index contributed by atoms with van der Waals surface area (Å²) in [6.07, 6.45) is 7.91. The van der Waals surface area contributed by atoms with E-state index in [9.17, 15) is 9.59 Å². The normalized spacial score (nSPS) is 24.4. The van der Waals surface area contributed by atoms with E-state index in [2.05, 4.69) is 9.97 Å². The maximum absolute atomic E-state index is 12.5. The molecule has 1 aromatic rings. The van der Waals surface area contributed by atoms with Gasteiger partial charge >= 0.3 is 0 Å². The first kappa shape index (κ1) is 17.9. The van der Waals surface area contributed by atoms with Crippen LogP contribution in [0.2, 0.25) is 0 Å². The van der Waals surface area contributed by atoms with Crippen LogP contribution in [0.4, 0.5) is 0 Å². The summed E-state index contributed by atoms with van der Waals surface area (Å²) < 4.78 is 0. The molecule has 3 rings (SSSR count). The van der Waals surface area contributed by atoms with Crippen molar-refractivity contribution in [2.45, 2.75) is 32.1 Å². The van der Waals surface area contributed by atoms with E-state index in [1.807, 2.05) is 35.0 Å². The number of aromatic amines is 1. The summed E-state index contributed by atoms with van der Waals surface area (Å²) in [6, 6.07) is 0. The Kier molecular flexibility index (Phi) is 5.42. The lowest BCUT2D eigenvalue weighted by molar-refractivity contribution is -0.143. The van der Waals surface area contributed by atoms with E-state index in [0.29, 0.717) is 19.5 Å². The molecule has 0 saturated carbocycles. The van der Waals surface area contributed by atoms with Crippen molar-refractivity contribution in [1.82, 2.24) is 24.7 Å². The third-order valence-electron chi connectivity index (χ3n) is 5.42. The molecule has 7 heteroatoms. The van der Waals surface area contributed by atoms with Crippen LogP contribution in [-0.2, 0) is 16.0 Å². The summed E-state index contributed by atoms with van der Waals surface area (Å²) in [6.45, 7) is 3.57. The molecule has 1 atom stereocenters. The van der Waals surface area contributed by atoms with Gasteiger partial charge in [0.1, 0.15) is 0 Å². The summed E-state index contributed by atoms with van der Waals surface area (Å²) in [5.74, 6) is 0.437. The van der Waals surface area contributed by atoms with Crippen molar-refractivity contribution in [3.8, 4) is 0 Å². The number of hydrogen-bond acceptors (Lipinski definition) is 4. The van der Waals surface area contributed by atoms with Crippen molar-refractivity contribution in [3.63, 3.8) is 0 Å². The van der Waals surface area contributed by atoms with E-state index >= 15 is 0 Å². The van der Waals surface area contributed by atoms with Gasteiger partial charge < -0.3 is 19.7 Å². The lowest BCUT2D eigenvalue weighted by Gasteiger charge is -2.48. The topological polar surface area (TPSA) is 72.5 Å². The molecule has 2 saturated heterocycles. The van der Waals surface area contributed by atoms with Crippen molar-refractivity contribution in [2.75, 3.05) is 46.8 Å². The van der Waals surface area contributed by atoms with Crippen molar-refractivity contribution < 1.29 is 9.59 Å². The fourth-order valence-electron chi connectivity index (χ4n) is 4.11. The van der Waals surface area contributed by atoms with E-state index in [0.717, 1.165) is 51.0 Å². The summed E-state index contributed by atoms with van der Waals surface area (Å²) in [7, 11) is 3.85. The first-order valence-electron chi connectivity index (χ1n) is 9.15. The second-order valence-electron chi connectivity index (χ2n) is 7.80. The number of H-pyrrole nitrogens is 1. The summed E-state index contributed by atoms with van der Waals surface area (Å²) in [4.78, 5) is 37.9. The number of imidazole rings is 1. The van der Waals surface area contributed by atoms with Crippen LogP contribution in [-0.4, -0.2) is 83.3 Å². The smallest absolute Gasteiger partial charge is 0.236 e. The molecule has 3 heterocycles. The van der Waals surface area contributed by atoms with Crippen LogP contribution in [0, 0.1) is 5.41 Å². The molecule has 2 aliphatic rings. The lowest BCUT2D eigenvalue weighted by atomic mass is 9.73. The molecular weight excluding hydrogens is 318 g/mol. The number of aromatic nitrogens is 2. The fraction of sp³-hybridized carbons (Fsp3) is 0.722. The van der Waals surface area contributed by atoms with Crippen LogP contribution in [0.1, 0.15) is 31.4 Å². The number of nitrogens with one attached hydrogen (secondary N) is 1. The van der Waals surface area contributed by atoms with Crippen molar-refractivity contribution >= 4 is 11.8 Å². The van der Waals surface area contributed by atoms with Gasteiger partial charge in [0.05, 0.1) is 12.9 Å². The number of hydrogen-bond donors (Lipinski definition) is 1. The second-order valence-corrected chi connectivity index (χ2v) is 7.80. The molecule has 0 aliphatic carbocycles. The summed E-state index contributed by atoms with van der Waals surface area (Å²) >= 11 is 0. The van der Waals surface area contributed by atoms with Crippen LogP contribution in [0.5, 0.6) is 0 Å². The summed E-state index contributed by atoms with van der Waals surface area (Å²) in [5, 5.41) is 0. The molecule has 0 radical (unpaired) electrons. The molecule has 0 unspecified atom stereocenters. The Hall–Kier alpha value is -1.89. The standard InChI is InChI=1S/C18H29N5O2/c1-21(2)11-17(25)22-8-3-6-18(12-22)7-4-16(24)23(13-18)9-5-15-10-19-14-20-15/h10,14H,3-9,11-13H2,1-2H3,(H,19,20)/t18-/m0/s1. The third-order valence-corrected chi connectivity index (χ3v) is 5.42. The van der Waals surface area contributed by atoms with Gasteiger partial charge in [-0.1, -0.05) is 0 Å². The minimum atomic E-state index is 0.0715. The summed E-state index contributed by atoms with van der Waals surface area (Å²) in [5.41, 5.74) is 1.13. The van der Waals surface area contributed by atoms with Gasteiger partial charge in [-0.15, -0.1) is 0 Å². The van der Waals surface area contributed by atoms with Crippen LogP contribution in [0.25, 0.3) is 0 Å². The van der Waals surface area contributed by atoms with Crippen molar-refractivity contribution in [2.24, 2.45) is 5.41 Å². The molecule has 1 aromatic heterocycles. The van der Waals surface area contributed by atoms with Gasteiger partial charge in [0.2, 0.25) is 11.8 Å². The molecule has 2 amide bonds. The Morgan fingerprint density at radius 2 is 2.20 bits per heavy atom. The number of likely N-dealkylation sites (tertiary alicyclic amines) is 2. The highest BCUT2D eigenvalue weighted by Crippen LogP contribution is 2.38. The number of rotatable bonds is 5. The Bertz CT molecular complexity index is 601. The first-order valence-corrected chi connectivity index (χ1v) is 9.15. The van der Waals surface area contributed by atoms with Crippen LogP contribution in [0.15, 0.2) is 12.5 Å². The van der Waals surface area contributed by atoms with E-state index in [-0.39, 0.29) is 17.2 Å². The van der Waals surface area contributed by atoms with Gasteiger partial charge in [-0.3, -0.25) is 9.59 Å². The monoisotopic (exact) mass is 347 g/mol. The molecular formula is C18H29N5O2. The van der Waals surface area contributed by atoms with Gasteiger partial charge in [0, 0.05) is 56.3 Å². The molecule has 2 fully saturated rings. The zero-order valence-corrected chi connectivity index (χ0v) is 15.3. The van der Waals surface area contributed by atoms with Crippen molar-refractivity contribution in [3.05, 3.63) is 18.2 Å². The van der Waals surface area contributed by atoms with Crippen LogP contribution in [0.3, 0.4) is 0 Å². The fourth-order valence-corrected chi connectivity index (χ4v) is 4.11. The van der Waals surface area contributed by atoms with Crippen LogP contribution >= 0.6 is 0 Å². The Morgan fingerprint density at radius 3 is 2.92 bits per heavy atom. The number of nitrogens with zero attached hydrogens (tertiary/aromatic N) is 4. The van der Waals surface area contributed by atoms with Gasteiger partial charge in [0.25, 0.3) is 0 Å². The van der Waals surface area contributed by atoms with Gasteiger partial charge in [-0.25, -0.2) is 4.98 Å². The SMILES string of the molecule is CN(C)CC(=O)N1CCC[C@]2(CCC(=O)N(CCc3cnc[nH]3)C2)C1. The average molecular weight is 347 g/mol. The molecule has 138 valence electrons. The highest BCUT2D eigenvalue weighted by Gasteiger charge is 2.42. The van der Waals surface area contributed by atoms with Gasteiger partial charge in [-0.05, 0) is 33.4 Å². The van der Waals surface area contributed by atoms with E-state index < -0.39 is 0 Å². The highest BCUT2D eigenvalue weighted by atomic mass is 16.2. The maximum atomic E-state index is 12.5. The minimum Gasteiger partial charge on any atom is -0.348 e. The van der Waals surface area contributed by atoms with E-state index in [4.69, 9.17) is 0 Å². The number of piperidine rings is 2. The minimum absolute atomic E-state index is 0.0715. The molecule has 2 aliphatic heterocycles. The number of carbonyl (C=O) groups is 2. The molecule has 1 spiro atoms. The largest absolute Gasteiger partial charge is 0.348 e. The molecule has 0 aromatic carbocycles. The number of likely N-dealkylation sites (N-methyl/N-ethyl adjacent to an activating group) is 1. The molecule has 0 bridgehead atoms. The van der Waals surface area contributed by atoms with E-state index in [1.165, 1.54) is 0 Å². The van der Waals surface area contributed by atoms with Crippen molar-refractivity contribution in [1.29, 1.82) is 0 Å². The molecule has 1 N–H and O–H groups in total. The first-order chi connectivity index (χ1) is 12.0. The van der Waals surface area contributed by atoms with Gasteiger partial charge in [-0.2, -0.15) is 0 Å². The average Bonchev–Trinajstić information content (AvgIpc) is 3.09. The van der Waals surface area contributed by atoms with E-state index in [1.54, 1.807) is 6.33 Å². The third kappa shape index (κ3) is 4.39. The Morgan fingerprint density at radius 1 is 1.36 bits per heavy atom. The Balaban J connectivity index is 1.62. The Labute approximate surface area is 149 Å². The second kappa shape index (κ2) is 7.56. The molecule has 25 heavy (non-hydrogen) atoms. The highest BCUT2D eigenvalue weighted by molar-refractivity contribution is 5.79. The predicted octanol–water partition coefficient (Wildman–Crippen LogP) is 0.745. The quantitative estimate of drug-likeness (QED) is 0.853. The zero-order valence-electron chi connectivity index (χ0n) is 15.3. The zero-order chi connectivity index (χ0) is 17.9. The maximum Gasteiger partial charge on any atom is 0.236 e.